The first-order valence-electron chi connectivity index (χ1n) is 4.32. The lowest BCUT2D eigenvalue weighted by atomic mass is 9.98. The van der Waals surface area contributed by atoms with Crippen LogP contribution in [0.1, 0.15) is 30.8 Å². The number of aliphatic hydroxyl groups excluding tert-OH is 1. The van der Waals surface area contributed by atoms with Gasteiger partial charge in [-0.3, -0.25) is 0 Å². The highest BCUT2D eigenvalue weighted by atomic mass is 16.4. The summed E-state index contributed by atoms with van der Waals surface area (Å²) in [5.41, 5.74) is 0.890. The summed E-state index contributed by atoms with van der Waals surface area (Å²) in [6.45, 7) is 3.72. The van der Waals surface area contributed by atoms with Gasteiger partial charge in [0, 0.05) is 0 Å². The molecule has 1 N–H and O–H groups in total. The monoisotopic (exact) mass is 179 g/mol. The van der Waals surface area contributed by atoms with Crippen LogP contribution in [-0.4, -0.2) is 5.11 Å². The molecular formula is C10H13NO2. The van der Waals surface area contributed by atoms with E-state index >= 15 is 0 Å². The number of hydrogen-bond acceptors (Lipinski definition) is 3. The van der Waals surface area contributed by atoms with Crippen molar-refractivity contribution >= 4 is 0 Å². The van der Waals surface area contributed by atoms with Gasteiger partial charge in [-0.25, -0.2) is 0 Å². The van der Waals surface area contributed by atoms with Crippen molar-refractivity contribution in [3.63, 3.8) is 0 Å². The minimum Gasteiger partial charge on any atom is -0.466 e. The van der Waals surface area contributed by atoms with Crippen molar-refractivity contribution in [3.05, 3.63) is 23.7 Å². The molecule has 0 aliphatic heterocycles. The fourth-order valence-electron chi connectivity index (χ4n) is 1.26. The zero-order valence-corrected chi connectivity index (χ0v) is 7.82. The van der Waals surface area contributed by atoms with Crippen LogP contribution in [0, 0.1) is 24.2 Å². The van der Waals surface area contributed by atoms with E-state index in [9.17, 15) is 5.11 Å². The maximum atomic E-state index is 9.73. The molecule has 0 fully saturated rings. The van der Waals surface area contributed by atoms with Crippen LogP contribution in [0.3, 0.4) is 0 Å². The van der Waals surface area contributed by atoms with Crippen molar-refractivity contribution < 1.29 is 9.52 Å². The lowest BCUT2D eigenvalue weighted by molar-refractivity contribution is 0.107. The second kappa shape index (κ2) is 4.11. The average molecular weight is 179 g/mol. The second-order valence-electron chi connectivity index (χ2n) is 3.06. The van der Waals surface area contributed by atoms with E-state index in [2.05, 4.69) is 6.07 Å². The van der Waals surface area contributed by atoms with Crippen molar-refractivity contribution in [2.75, 3.05) is 0 Å². The SMILES string of the molecule is CCC(C#N)C(O)c1occc1C. The summed E-state index contributed by atoms with van der Waals surface area (Å²) in [4.78, 5) is 0. The van der Waals surface area contributed by atoms with E-state index in [4.69, 9.17) is 9.68 Å². The van der Waals surface area contributed by atoms with Crippen LogP contribution in [-0.2, 0) is 0 Å². The maximum absolute atomic E-state index is 9.73. The number of nitriles is 1. The van der Waals surface area contributed by atoms with E-state index in [0.29, 0.717) is 12.2 Å². The molecule has 2 atom stereocenters. The summed E-state index contributed by atoms with van der Waals surface area (Å²) < 4.78 is 5.11. The number of nitrogens with zero attached hydrogens (tertiary/aromatic N) is 1. The van der Waals surface area contributed by atoms with Crippen molar-refractivity contribution in [2.45, 2.75) is 26.4 Å². The average Bonchev–Trinajstić information content (AvgIpc) is 2.53. The highest BCUT2D eigenvalue weighted by Gasteiger charge is 2.22. The number of aryl methyl sites for hydroxylation is 1. The van der Waals surface area contributed by atoms with Crippen LogP contribution in [0.5, 0.6) is 0 Å². The van der Waals surface area contributed by atoms with E-state index in [0.717, 1.165) is 5.56 Å². The Bertz CT molecular complexity index is 311. The van der Waals surface area contributed by atoms with E-state index in [1.54, 1.807) is 6.07 Å². The Balaban J connectivity index is 2.85. The van der Waals surface area contributed by atoms with Crippen LogP contribution in [0.15, 0.2) is 16.7 Å². The Morgan fingerprint density at radius 1 is 1.69 bits per heavy atom. The topological polar surface area (TPSA) is 57.2 Å². The van der Waals surface area contributed by atoms with Gasteiger partial charge in [-0.2, -0.15) is 5.26 Å². The zero-order chi connectivity index (χ0) is 9.84. The van der Waals surface area contributed by atoms with Gasteiger partial charge >= 0.3 is 0 Å². The molecule has 1 aromatic rings. The van der Waals surface area contributed by atoms with Gasteiger partial charge in [-0.15, -0.1) is 0 Å². The molecule has 3 heteroatoms. The molecule has 0 saturated carbocycles. The van der Waals surface area contributed by atoms with Crippen LogP contribution in [0.2, 0.25) is 0 Å². The summed E-state index contributed by atoms with van der Waals surface area (Å²) in [5, 5.41) is 18.5. The summed E-state index contributed by atoms with van der Waals surface area (Å²) in [6.07, 6.45) is 1.35. The quantitative estimate of drug-likeness (QED) is 0.773. The molecule has 3 nitrogen and oxygen atoms in total. The molecule has 0 amide bonds. The Morgan fingerprint density at radius 2 is 2.38 bits per heavy atom. The van der Waals surface area contributed by atoms with Crippen molar-refractivity contribution in [2.24, 2.45) is 5.92 Å². The number of rotatable bonds is 3. The van der Waals surface area contributed by atoms with E-state index in [-0.39, 0.29) is 5.92 Å². The molecule has 2 unspecified atom stereocenters. The molecule has 1 heterocycles. The van der Waals surface area contributed by atoms with Gasteiger partial charge < -0.3 is 9.52 Å². The molecule has 0 saturated heterocycles. The van der Waals surface area contributed by atoms with Gasteiger partial charge in [-0.05, 0) is 25.0 Å². The standard InChI is InChI=1S/C10H13NO2/c1-3-8(6-11)9(12)10-7(2)4-5-13-10/h4-5,8-9,12H,3H2,1-2H3. The first-order chi connectivity index (χ1) is 6.20. The van der Waals surface area contributed by atoms with Crippen LogP contribution < -0.4 is 0 Å². The van der Waals surface area contributed by atoms with Gasteiger partial charge in [0.25, 0.3) is 0 Å². The molecule has 0 radical (unpaired) electrons. The third-order valence-electron chi connectivity index (χ3n) is 2.16. The fourth-order valence-corrected chi connectivity index (χ4v) is 1.26. The van der Waals surface area contributed by atoms with Gasteiger partial charge in [0.1, 0.15) is 11.9 Å². The smallest absolute Gasteiger partial charge is 0.136 e. The minimum absolute atomic E-state index is 0.384. The number of hydrogen-bond donors (Lipinski definition) is 1. The van der Waals surface area contributed by atoms with Gasteiger partial charge in [0.2, 0.25) is 0 Å². The van der Waals surface area contributed by atoms with Gasteiger partial charge in [0.15, 0.2) is 0 Å². The van der Waals surface area contributed by atoms with Crippen LogP contribution in [0.25, 0.3) is 0 Å². The molecule has 13 heavy (non-hydrogen) atoms. The zero-order valence-electron chi connectivity index (χ0n) is 7.82. The minimum atomic E-state index is -0.801. The summed E-state index contributed by atoms with van der Waals surface area (Å²) in [5.74, 6) is 0.123. The Hall–Kier alpha value is -1.27. The first-order valence-corrected chi connectivity index (χ1v) is 4.32. The molecule has 0 spiro atoms. The van der Waals surface area contributed by atoms with Gasteiger partial charge in [-0.1, -0.05) is 6.92 Å². The molecule has 0 aliphatic rings. The maximum Gasteiger partial charge on any atom is 0.136 e. The molecule has 1 rings (SSSR count). The molecule has 0 aromatic carbocycles. The normalized spacial score (nSPS) is 14.9. The fraction of sp³-hybridized carbons (Fsp3) is 0.500. The van der Waals surface area contributed by atoms with E-state index in [1.807, 2.05) is 13.8 Å². The molecule has 0 bridgehead atoms. The highest BCUT2D eigenvalue weighted by molar-refractivity contribution is 5.18. The lowest BCUT2D eigenvalue weighted by Crippen LogP contribution is -2.09. The highest BCUT2D eigenvalue weighted by Crippen LogP contribution is 2.26. The van der Waals surface area contributed by atoms with Crippen LogP contribution >= 0.6 is 0 Å². The van der Waals surface area contributed by atoms with Crippen molar-refractivity contribution in [1.29, 1.82) is 5.26 Å². The summed E-state index contributed by atoms with van der Waals surface area (Å²) in [7, 11) is 0. The Morgan fingerprint density at radius 3 is 2.77 bits per heavy atom. The lowest BCUT2D eigenvalue weighted by Gasteiger charge is -2.12. The second-order valence-corrected chi connectivity index (χ2v) is 3.06. The summed E-state index contributed by atoms with van der Waals surface area (Å²) >= 11 is 0. The number of furan rings is 1. The van der Waals surface area contributed by atoms with E-state index < -0.39 is 6.10 Å². The predicted molar refractivity (Wildman–Crippen MR) is 47.8 cm³/mol. The number of aliphatic hydroxyl groups is 1. The van der Waals surface area contributed by atoms with Crippen molar-refractivity contribution in [1.82, 2.24) is 0 Å². The van der Waals surface area contributed by atoms with E-state index in [1.165, 1.54) is 6.26 Å². The molecule has 0 aliphatic carbocycles. The van der Waals surface area contributed by atoms with Gasteiger partial charge in [0.05, 0.1) is 18.3 Å². The third-order valence-corrected chi connectivity index (χ3v) is 2.16. The molecule has 1 aromatic heterocycles. The Kier molecular flexibility index (Phi) is 3.10. The molecular weight excluding hydrogens is 166 g/mol. The largest absolute Gasteiger partial charge is 0.466 e. The third kappa shape index (κ3) is 1.90. The van der Waals surface area contributed by atoms with Crippen molar-refractivity contribution in [3.8, 4) is 6.07 Å². The Labute approximate surface area is 77.6 Å². The molecule has 70 valence electrons. The summed E-state index contributed by atoms with van der Waals surface area (Å²) in [6, 6.07) is 3.84. The predicted octanol–water partition coefficient (Wildman–Crippen LogP) is 2.17. The first kappa shape index (κ1) is 9.82. The van der Waals surface area contributed by atoms with Crippen LogP contribution in [0.4, 0.5) is 0 Å².